The van der Waals surface area contributed by atoms with Crippen molar-refractivity contribution >= 4 is 23.5 Å². The Bertz CT molecular complexity index is 1050. The number of anilines is 2. The molecule has 1 aliphatic rings. The molecule has 31 heavy (non-hydrogen) atoms. The molecule has 3 aromatic heterocycles. The van der Waals surface area contributed by atoms with E-state index in [1.165, 1.54) is 21.9 Å². The number of amides is 1. The molecule has 0 saturated carbocycles. The molecule has 12 heteroatoms. The number of nitrogens with zero attached hydrogens (tertiary/aromatic N) is 8. The van der Waals surface area contributed by atoms with Crippen molar-refractivity contribution in [3.63, 3.8) is 0 Å². The molecule has 1 amide bonds. The van der Waals surface area contributed by atoms with E-state index in [0.717, 1.165) is 19.4 Å². The quantitative estimate of drug-likeness (QED) is 0.570. The third-order valence-electron chi connectivity index (χ3n) is 5.08. The maximum atomic E-state index is 13.0. The Labute approximate surface area is 178 Å². The molecular formula is C19H23N9O3. The lowest BCUT2D eigenvalue weighted by molar-refractivity contribution is -0.120. The molecule has 1 unspecified atom stereocenters. The van der Waals surface area contributed by atoms with E-state index in [-0.39, 0.29) is 24.0 Å². The van der Waals surface area contributed by atoms with Crippen molar-refractivity contribution in [2.75, 3.05) is 29.9 Å². The van der Waals surface area contributed by atoms with Crippen molar-refractivity contribution in [1.29, 1.82) is 0 Å². The van der Waals surface area contributed by atoms with E-state index in [9.17, 15) is 9.59 Å². The van der Waals surface area contributed by atoms with Crippen molar-refractivity contribution in [3.05, 3.63) is 36.5 Å². The van der Waals surface area contributed by atoms with Gasteiger partial charge in [0.25, 0.3) is 0 Å². The van der Waals surface area contributed by atoms with Crippen molar-refractivity contribution in [1.82, 2.24) is 34.7 Å². The van der Waals surface area contributed by atoms with E-state index < -0.39 is 5.97 Å². The maximum Gasteiger partial charge on any atom is 0.343 e. The van der Waals surface area contributed by atoms with Crippen molar-refractivity contribution < 1.29 is 14.3 Å². The van der Waals surface area contributed by atoms with E-state index in [1.54, 1.807) is 20.3 Å². The lowest BCUT2D eigenvalue weighted by Crippen LogP contribution is -2.41. The van der Waals surface area contributed by atoms with Crippen LogP contribution in [-0.4, -0.2) is 66.3 Å². The summed E-state index contributed by atoms with van der Waals surface area (Å²) in [4.78, 5) is 31.0. The Hall–Kier alpha value is -3.83. The number of esters is 1. The first-order valence-electron chi connectivity index (χ1n) is 10.0. The summed E-state index contributed by atoms with van der Waals surface area (Å²) >= 11 is 0. The van der Waals surface area contributed by atoms with Crippen LogP contribution in [0.3, 0.4) is 0 Å². The van der Waals surface area contributed by atoms with Crippen LogP contribution in [0.2, 0.25) is 0 Å². The number of nitrogens with one attached hydrogen (secondary N) is 1. The van der Waals surface area contributed by atoms with Gasteiger partial charge in [-0.05, 0) is 31.9 Å². The van der Waals surface area contributed by atoms with Gasteiger partial charge in [-0.15, -0.1) is 10.2 Å². The molecule has 0 aromatic carbocycles. The second-order valence-electron chi connectivity index (χ2n) is 7.12. The van der Waals surface area contributed by atoms with Gasteiger partial charge in [0, 0.05) is 20.1 Å². The van der Waals surface area contributed by atoms with Gasteiger partial charge in [0.15, 0.2) is 11.6 Å². The zero-order valence-corrected chi connectivity index (χ0v) is 17.3. The number of hydrogen-bond donors (Lipinski definition) is 1. The van der Waals surface area contributed by atoms with Crippen molar-refractivity contribution in [2.24, 2.45) is 13.0 Å². The maximum absolute atomic E-state index is 13.0. The fraction of sp³-hybridized carbons (Fsp3) is 0.421. The number of carbonyl (C=O) groups excluding carboxylic acids is 2. The average Bonchev–Trinajstić information content (AvgIpc) is 3.45. The third-order valence-corrected chi connectivity index (χ3v) is 5.08. The topological polar surface area (TPSA) is 133 Å². The molecule has 4 rings (SSSR count). The number of hydrogen-bond acceptors (Lipinski definition) is 9. The zero-order chi connectivity index (χ0) is 21.8. The normalized spacial score (nSPS) is 16.2. The van der Waals surface area contributed by atoms with Gasteiger partial charge >= 0.3 is 5.97 Å². The van der Waals surface area contributed by atoms with Gasteiger partial charge in [-0.3, -0.25) is 9.48 Å². The molecular weight excluding hydrogens is 402 g/mol. The number of aryl methyl sites for hydroxylation is 1. The Morgan fingerprint density at radius 2 is 2.03 bits per heavy atom. The zero-order valence-electron chi connectivity index (χ0n) is 17.3. The van der Waals surface area contributed by atoms with Crippen molar-refractivity contribution in [3.8, 4) is 5.82 Å². The summed E-state index contributed by atoms with van der Waals surface area (Å²) < 4.78 is 8.03. The minimum atomic E-state index is -0.515. The van der Waals surface area contributed by atoms with Crippen LogP contribution in [0.15, 0.2) is 31.0 Å². The average molecular weight is 425 g/mol. The summed E-state index contributed by atoms with van der Waals surface area (Å²) in [7, 11) is 1.66. The largest absolute Gasteiger partial charge is 0.462 e. The molecule has 0 spiro atoms. The summed E-state index contributed by atoms with van der Waals surface area (Å²) in [5.41, 5.74) is 0.236. The SMILES string of the molecule is CCOC(=O)c1cnn(C)c1NC(=O)C1CCCN(c2ccc(-n3cncn3)nn2)C1. The number of carbonyl (C=O) groups is 2. The molecule has 1 aliphatic heterocycles. The molecule has 1 saturated heterocycles. The van der Waals surface area contributed by atoms with Gasteiger partial charge in [-0.2, -0.15) is 10.2 Å². The fourth-order valence-corrected chi connectivity index (χ4v) is 3.50. The first-order chi connectivity index (χ1) is 15.1. The smallest absolute Gasteiger partial charge is 0.343 e. The van der Waals surface area contributed by atoms with Crippen LogP contribution >= 0.6 is 0 Å². The minimum absolute atomic E-state index is 0.175. The molecule has 0 aliphatic carbocycles. The van der Waals surface area contributed by atoms with Gasteiger partial charge in [0.1, 0.15) is 24.0 Å². The summed E-state index contributed by atoms with van der Waals surface area (Å²) in [6.07, 6.45) is 5.94. The fourth-order valence-electron chi connectivity index (χ4n) is 3.50. The Kier molecular flexibility index (Phi) is 5.87. The molecule has 1 atom stereocenters. The monoisotopic (exact) mass is 425 g/mol. The van der Waals surface area contributed by atoms with Crippen LogP contribution in [0.4, 0.5) is 11.6 Å². The molecule has 12 nitrogen and oxygen atoms in total. The van der Waals surface area contributed by atoms with E-state index in [0.29, 0.717) is 24.0 Å². The molecule has 162 valence electrons. The number of piperidine rings is 1. The predicted molar refractivity (Wildman–Crippen MR) is 110 cm³/mol. The Morgan fingerprint density at radius 1 is 1.23 bits per heavy atom. The van der Waals surface area contributed by atoms with Crippen LogP contribution in [-0.2, 0) is 16.6 Å². The number of ether oxygens (including phenoxy) is 1. The molecule has 4 heterocycles. The highest BCUT2D eigenvalue weighted by Gasteiger charge is 2.29. The van der Waals surface area contributed by atoms with E-state index in [1.807, 2.05) is 17.0 Å². The minimum Gasteiger partial charge on any atom is -0.462 e. The molecule has 1 N–H and O–H groups in total. The van der Waals surface area contributed by atoms with Crippen LogP contribution < -0.4 is 10.2 Å². The van der Waals surface area contributed by atoms with Gasteiger partial charge in [0.2, 0.25) is 5.91 Å². The van der Waals surface area contributed by atoms with Gasteiger partial charge < -0.3 is 15.0 Å². The summed E-state index contributed by atoms with van der Waals surface area (Å²) in [6.45, 7) is 3.25. The summed E-state index contributed by atoms with van der Waals surface area (Å²) in [5.74, 6) is 0.627. The predicted octanol–water partition coefficient (Wildman–Crippen LogP) is 0.823. The Morgan fingerprint density at radius 3 is 2.74 bits per heavy atom. The molecule has 3 aromatic rings. The lowest BCUT2D eigenvalue weighted by atomic mass is 9.97. The lowest BCUT2D eigenvalue weighted by Gasteiger charge is -2.32. The van der Waals surface area contributed by atoms with Crippen LogP contribution in [0, 0.1) is 5.92 Å². The highest BCUT2D eigenvalue weighted by molar-refractivity contribution is 6.00. The van der Waals surface area contributed by atoms with E-state index >= 15 is 0 Å². The van der Waals surface area contributed by atoms with E-state index in [4.69, 9.17) is 4.74 Å². The van der Waals surface area contributed by atoms with Crippen molar-refractivity contribution in [2.45, 2.75) is 19.8 Å². The van der Waals surface area contributed by atoms with Crippen LogP contribution in [0.25, 0.3) is 5.82 Å². The first kappa shape index (κ1) is 20.4. The van der Waals surface area contributed by atoms with Crippen LogP contribution in [0.5, 0.6) is 0 Å². The highest BCUT2D eigenvalue weighted by atomic mass is 16.5. The Balaban J connectivity index is 1.44. The van der Waals surface area contributed by atoms with Crippen LogP contribution in [0.1, 0.15) is 30.1 Å². The van der Waals surface area contributed by atoms with Gasteiger partial charge in [-0.25, -0.2) is 14.5 Å². The summed E-state index contributed by atoms with van der Waals surface area (Å²) in [5, 5.41) is 19.4. The standard InChI is InChI=1S/C19H23N9O3/c1-3-31-19(30)14-9-21-26(2)17(14)23-18(29)13-5-4-8-27(10-13)15-6-7-16(25-24-15)28-12-20-11-22-28/h6-7,9,11-13H,3-5,8,10H2,1-2H3,(H,23,29). The molecule has 0 radical (unpaired) electrons. The van der Waals surface area contributed by atoms with E-state index in [2.05, 4.69) is 30.7 Å². The second-order valence-corrected chi connectivity index (χ2v) is 7.12. The third kappa shape index (κ3) is 4.37. The highest BCUT2D eigenvalue weighted by Crippen LogP contribution is 2.24. The second kappa shape index (κ2) is 8.90. The first-order valence-corrected chi connectivity index (χ1v) is 10.0. The molecule has 1 fully saturated rings. The summed E-state index contributed by atoms with van der Waals surface area (Å²) in [6, 6.07) is 3.66. The number of rotatable bonds is 6. The number of aromatic nitrogens is 7. The van der Waals surface area contributed by atoms with Gasteiger partial charge in [0.05, 0.1) is 18.7 Å². The molecule has 0 bridgehead atoms. The van der Waals surface area contributed by atoms with Gasteiger partial charge in [-0.1, -0.05) is 0 Å².